The van der Waals surface area contributed by atoms with E-state index in [0.29, 0.717) is 0 Å². The molecule has 0 saturated heterocycles. The van der Waals surface area contributed by atoms with E-state index in [1.54, 1.807) is 0 Å². The lowest BCUT2D eigenvalue weighted by Crippen LogP contribution is -2.19. The second kappa shape index (κ2) is 3.59. The summed E-state index contributed by atoms with van der Waals surface area (Å²) in [6.45, 7) is 0. The summed E-state index contributed by atoms with van der Waals surface area (Å²) in [6, 6.07) is 5.38. The van der Waals surface area contributed by atoms with Crippen LogP contribution in [0.1, 0.15) is 0 Å². The minimum atomic E-state index is -3.91. The van der Waals surface area contributed by atoms with Crippen molar-refractivity contribution >= 4 is 23.4 Å². The molecule has 0 spiro atoms. The van der Waals surface area contributed by atoms with Crippen LogP contribution in [0.15, 0.2) is 29.2 Å². The molecule has 0 aromatic heterocycles. The highest BCUT2D eigenvalue weighted by molar-refractivity contribution is 7.89. The quantitative estimate of drug-likeness (QED) is 0.653. The van der Waals surface area contributed by atoms with Crippen LogP contribution in [0, 0.1) is 0 Å². The zero-order valence-electron chi connectivity index (χ0n) is 6.47. The van der Waals surface area contributed by atoms with Crippen LogP contribution in [-0.4, -0.2) is 13.3 Å². The van der Waals surface area contributed by atoms with Gasteiger partial charge in [0, 0.05) is 0 Å². The predicted octanol–water partition coefficient (Wildman–Crippen LogP) is -0.574. The molecule has 1 aromatic rings. The Morgan fingerprint density at radius 2 is 1.85 bits per heavy atom. The van der Waals surface area contributed by atoms with E-state index in [4.69, 9.17) is 10.0 Å². The first kappa shape index (κ1) is 10.4. The molecule has 0 aliphatic carbocycles. The lowest BCUT2D eigenvalue weighted by atomic mass is 10.4. The van der Waals surface area contributed by atoms with Crippen molar-refractivity contribution in [3.8, 4) is 0 Å². The number of hydrogen-bond acceptors (Lipinski definition) is 3. The van der Waals surface area contributed by atoms with Crippen LogP contribution in [0.4, 0.5) is 0 Å². The van der Waals surface area contributed by atoms with E-state index in [-0.39, 0.29) is 10.2 Å². The fourth-order valence-corrected chi connectivity index (χ4v) is 2.76. The van der Waals surface area contributed by atoms with E-state index in [0.717, 1.165) is 0 Å². The average Bonchev–Trinajstić information content (AvgIpc) is 2.03. The zero-order valence-corrected chi connectivity index (χ0v) is 8.28. The van der Waals surface area contributed by atoms with Gasteiger partial charge in [-0.1, -0.05) is 12.1 Å². The van der Waals surface area contributed by atoms with E-state index < -0.39 is 18.1 Å². The van der Waals surface area contributed by atoms with E-state index in [9.17, 15) is 13.0 Å². The molecule has 1 rings (SSSR count). The van der Waals surface area contributed by atoms with Gasteiger partial charge >= 0.3 is 0 Å². The van der Waals surface area contributed by atoms with Crippen LogP contribution in [0.3, 0.4) is 0 Å². The SMILES string of the molecule is NS(=O)(=O)c1ccccc1[PH](=O)O. The van der Waals surface area contributed by atoms with Crippen molar-refractivity contribution in [3.63, 3.8) is 0 Å². The molecular weight excluding hydrogens is 213 g/mol. The highest BCUT2D eigenvalue weighted by atomic mass is 32.2. The first-order valence-corrected chi connectivity index (χ1v) is 6.18. The van der Waals surface area contributed by atoms with Crippen molar-refractivity contribution < 1.29 is 17.9 Å². The third-order valence-corrected chi connectivity index (χ3v) is 3.47. The van der Waals surface area contributed by atoms with Gasteiger partial charge in [0.1, 0.15) is 0 Å². The molecular formula is C6H8NO4PS. The van der Waals surface area contributed by atoms with E-state index in [1.165, 1.54) is 24.3 Å². The molecule has 0 heterocycles. The molecule has 0 bridgehead atoms. The number of sulfonamides is 1. The lowest BCUT2D eigenvalue weighted by molar-refractivity contribution is 0.512. The summed E-state index contributed by atoms with van der Waals surface area (Å²) >= 11 is 0. The molecule has 13 heavy (non-hydrogen) atoms. The minimum absolute atomic E-state index is 0.130. The third-order valence-electron chi connectivity index (χ3n) is 1.42. The van der Waals surface area contributed by atoms with Crippen LogP contribution in [0.5, 0.6) is 0 Å². The zero-order chi connectivity index (χ0) is 10.1. The second-order valence-electron chi connectivity index (χ2n) is 2.35. The van der Waals surface area contributed by atoms with Gasteiger partial charge in [-0.05, 0) is 12.1 Å². The van der Waals surface area contributed by atoms with Gasteiger partial charge in [0.25, 0.3) is 0 Å². The predicted molar refractivity (Wildman–Crippen MR) is 48.7 cm³/mol. The smallest absolute Gasteiger partial charge is 0.238 e. The summed E-state index contributed by atoms with van der Waals surface area (Å²) in [5.74, 6) is 0. The van der Waals surface area contributed by atoms with Crippen LogP contribution in [0.2, 0.25) is 0 Å². The Morgan fingerprint density at radius 1 is 1.31 bits per heavy atom. The van der Waals surface area contributed by atoms with Gasteiger partial charge in [0.05, 0.1) is 10.2 Å². The minimum Gasteiger partial charge on any atom is -0.343 e. The molecule has 0 amide bonds. The molecule has 0 aliphatic rings. The highest BCUT2D eigenvalue weighted by Crippen LogP contribution is 2.18. The molecule has 72 valence electrons. The van der Waals surface area contributed by atoms with Crippen LogP contribution >= 0.6 is 8.03 Å². The van der Waals surface area contributed by atoms with Crippen molar-refractivity contribution in [1.82, 2.24) is 0 Å². The summed E-state index contributed by atoms with van der Waals surface area (Å²) in [6.07, 6.45) is 0. The Morgan fingerprint density at radius 3 is 2.23 bits per heavy atom. The van der Waals surface area contributed by atoms with Crippen LogP contribution in [0.25, 0.3) is 0 Å². The number of nitrogens with two attached hydrogens (primary N) is 1. The second-order valence-corrected chi connectivity index (χ2v) is 5.03. The van der Waals surface area contributed by atoms with Gasteiger partial charge in [0.2, 0.25) is 18.1 Å². The van der Waals surface area contributed by atoms with Gasteiger partial charge in [-0.2, -0.15) is 0 Å². The Bertz CT molecular complexity index is 442. The lowest BCUT2D eigenvalue weighted by Gasteiger charge is -2.02. The summed E-state index contributed by atoms with van der Waals surface area (Å²) in [7, 11) is -6.95. The molecule has 7 heteroatoms. The Labute approximate surface area is 76.1 Å². The summed E-state index contributed by atoms with van der Waals surface area (Å²) in [5.41, 5.74) is 0. The first-order chi connectivity index (χ1) is 5.93. The maximum atomic E-state index is 10.9. The maximum absolute atomic E-state index is 10.9. The monoisotopic (exact) mass is 221 g/mol. The topological polar surface area (TPSA) is 97.5 Å². The molecule has 0 radical (unpaired) electrons. The third kappa shape index (κ3) is 2.38. The number of rotatable bonds is 2. The largest absolute Gasteiger partial charge is 0.343 e. The van der Waals surface area contributed by atoms with Gasteiger partial charge in [-0.25, -0.2) is 13.6 Å². The molecule has 1 atom stereocenters. The van der Waals surface area contributed by atoms with Crippen molar-refractivity contribution in [3.05, 3.63) is 24.3 Å². The Hall–Kier alpha value is -0.680. The molecule has 0 saturated carbocycles. The van der Waals surface area contributed by atoms with Gasteiger partial charge in [-0.15, -0.1) is 0 Å². The molecule has 1 aromatic carbocycles. The molecule has 0 fully saturated rings. The summed E-state index contributed by atoms with van der Waals surface area (Å²) in [4.78, 5) is 8.50. The molecule has 5 nitrogen and oxygen atoms in total. The number of benzene rings is 1. The fourth-order valence-electron chi connectivity index (χ4n) is 0.891. The van der Waals surface area contributed by atoms with Crippen molar-refractivity contribution in [2.75, 3.05) is 0 Å². The van der Waals surface area contributed by atoms with Gasteiger partial charge < -0.3 is 4.89 Å². The number of primary sulfonamides is 1. The van der Waals surface area contributed by atoms with Gasteiger partial charge in [0.15, 0.2) is 0 Å². The van der Waals surface area contributed by atoms with E-state index in [2.05, 4.69) is 0 Å². The van der Waals surface area contributed by atoms with E-state index in [1.807, 2.05) is 0 Å². The van der Waals surface area contributed by atoms with Crippen molar-refractivity contribution in [2.24, 2.45) is 5.14 Å². The van der Waals surface area contributed by atoms with E-state index >= 15 is 0 Å². The van der Waals surface area contributed by atoms with Crippen molar-refractivity contribution in [1.29, 1.82) is 0 Å². The Balaban J connectivity index is 3.46. The van der Waals surface area contributed by atoms with Crippen molar-refractivity contribution in [2.45, 2.75) is 4.90 Å². The maximum Gasteiger partial charge on any atom is 0.238 e. The molecule has 0 aliphatic heterocycles. The highest BCUT2D eigenvalue weighted by Gasteiger charge is 2.15. The summed E-state index contributed by atoms with van der Waals surface area (Å²) < 4.78 is 32.5. The first-order valence-electron chi connectivity index (χ1n) is 3.28. The summed E-state index contributed by atoms with van der Waals surface area (Å²) in [5, 5.41) is 4.70. The Kier molecular flexibility index (Phi) is 2.87. The standard InChI is InChI=1S/C6H8NO4PS/c7-13(10,11)6-4-2-1-3-5(6)12(8)9/h1-4,12H,(H,8,9)(H2,7,10,11). The normalized spacial score (nSPS) is 14.0. The molecule has 3 N–H and O–H groups in total. The molecule has 1 unspecified atom stereocenters. The number of hydrogen-bond donors (Lipinski definition) is 2. The fraction of sp³-hybridized carbons (Fsp3) is 0. The average molecular weight is 221 g/mol. The van der Waals surface area contributed by atoms with Gasteiger partial charge in [-0.3, -0.25) is 4.57 Å². The van der Waals surface area contributed by atoms with Crippen LogP contribution < -0.4 is 10.4 Å². The van der Waals surface area contributed by atoms with Crippen LogP contribution in [-0.2, 0) is 14.6 Å².